The van der Waals surface area contributed by atoms with Crippen LogP contribution in [0.3, 0.4) is 0 Å². The second kappa shape index (κ2) is 8.16. The van der Waals surface area contributed by atoms with Crippen LogP contribution in [-0.4, -0.2) is 41.7 Å². The van der Waals surface area contributed by atoms with Crippen molar-refractivity contribution in [3.05, 3.63) is 78.0 Å². The Morgan fingerprint density at radius 1 is 1.15 bits per heavy atom. The third-order valence-electron chi connectivity index (χ3n) is 4.01. The summed E-state index contributed by atoms with van der Waals surface area (Å²) in [6.07, 6.45) is 3.96. The molecule has 0 saturated carbocycles. The minimum atomic E-state index is -0.107. The minimum Gasteiger partial charge on any atom is -0.497 e. The molecule has 0 aliphatic carbocycles. The number of H-pyrrole nitrogens is 1. The van der Waals surface area contributed by atoms with Gasteiger partial charge in [0, 0.05) is 19.2 Å². The first-order valence-electron chi connectivity index (χ1n) is 8.34. The zero-order valence-electron chi connectivity index (χ0n) is 14.8. The third kappa shape index (κ3) is 4.19. The molecule has 1 aromatic heterocycles. The second-order valence-corrected chi connectivity index (χ2v) is 5.90. The van der Waals surface area contributed by atoms with Gasteiger partial charge in [-0.1, -0.05) is 54.6 Å². The van der Waals surface area contributed by atoms with Crippen molar-refractivity contribution in [2.45, 2.75) is 0 Å². The molecule has 0 atom stereocenters. The highest BCUT2D eigenvalue weighted by atomic mass is 16.5. The van der Waals surface area contributed by atoms with Gasteiger partial charge in [0.05, 0.1) is 12.8 Å². The Morgan fingerprint density at radius 3 is 2.73 bits per heavy atom. The first kappa shape index (κ1) is 17.5. The molecule has 3 aromatic rings. The average molecular weight is 347 g/mol. The molecule has 2 aromatic carbocycles. The number of nitrogens with one attached hydrogen (secondary N) is 1. The lowest BCUT2D eigenvalue weighted by molar-refractivity contribution is 0.0804. The van der Waals surface area contributed by atoms with E-state index in [0.717, 1.165) is 16.9 Å². The summed E-state index contributed by atoms with van der Waals surface area (Å²) in [6, 6.07) is 19.3. The molecule has 0 bridgehead atoms. The van der Waals surface area contributed by atoms with E-state index in [0.29, 0.717) is 17.9 Å². The van der Waals surface area contributed by atoms with Gasteiger partial charge >= 0.3 is 0 Å². The van der Waals surface area contributed by atoms with Crippen LogP contribution in [0.4, 0.5) is 0 Å². The maximum Gasteiger partial charge on any atom is 0.271 e. The van der Waals surface area contributed by atoms with Crippen LogP contribution in [-0.2, 0) is 0 Å². The predicted octanol–water partition coefficient (Wildman–Crippen LogP) is 3.87. The van der Waals surface area contributed by atoms with Crippen LogP contribution in [0.5, 0.6) is 5.75 Å². The highest BCUT2D eigenvalue weighted by Crippen LogP contribution is 2.22. The van der Waals surface area contributed by atoms with Crippen LogP contribution < -0.4 is 4.74 Å². The normalized spacial score (nSPS) is 10.8. The molecule has 5 heteroatoms. The molecule has 0 aliphatic heterocycles. The minimum absolute atomic E-state index is 0.107. The number of rotatable bonds is 6. The first-order chi connectivity index (χ1) is 12.7. The van der Waals surface area contributed by atoms with Gasteiger partial charge in [0.1, 0.15) is 11.4 Å². The van der Waals surface area contributed by atoms with Crippen molar-refractivity contribution in [3.8, 4) is 17.0 Å². The predicted molar refractivity (Wildman–Crippen MR) is 103 cm³/mol. The average Bonchev–Trinajstić information content (AvgIpc) is 3.18. The fourth-order valence-electron chi connectivity index (χ4n) is 2.56. The molecule has 1 heterocycles. The standard InChI is InChI=1S/C21H21N3O2/c1-24(13-7-10-16-8-4-3-5-9-16)21(25)20-15-19(22-23-20)17-11-6-12-18(14-17)26-2/h3-12,14-15H,13H2,1-2H3,(H,22,23). The number of aromatic amines is 1. The highest BCUT2D eigenvalue weighted by molar-refractivity contribution is 5.93. The van der Waals surface area contributed by atoms with Crippen molar-refractivity contribution in [2.75, 3.05) is 20.7 Å². The van der Waals surface area contributed by atoms with E-state index < -0.39 is 0 Å². The molecule has 0 saturated heterocycles. The molecule has 1 amide bonds. The molecule has 0 spiro atoms. The summed E-state index contributed by atoms with van der Waals surface area (Å²) in [6.45, 7) is 0.515. The smallest absolute Gasteiger partial charge is 0.271 e. The number of nitrogens with zero attached hydrogens (tertiary/aromatic N) is 2. The Kier molecular flexibility index (Phi) is 5.49. The molecule has 132 valence electrons. The molecule has 0 radical (unpaired) electrons. The van der Waals surface area contributed by atoms with E-state index in [4.69, 9.17) is 4.74 Å². The molecule has 0 aliphatic rings. The number of likely N-dealkylation sites (N-methyl/N-ethyl adjacent to an activating group) is 1. The highest BCUT2D eigenvalue weighted by Gasteiger charge is 2.14. The van der Waals surface area contributed by atoms with Crippen molar-refractivity contribution in [2.24, 2.45) is 0 Å². The van der Waals surface area contributed by atoms with Crippen LogP contribution in [0.15, 0.2) is 66.7 Å². The maximum absolute atomic E-state index is 12.6. The Bertz CT molecular complexity index is 900. The summed E-state index contributed by atoms with van der Waals surface area (Å²) in [4.78, 5) is 14.2. The Morgan fingerprint density at radius 2 is 1.96 bits per heavy atom. The van der Waals surface area contributed by atoms with Gasteiger partial charge in [-0.05, 0) is 23.8 Å². The van der Waals surface area contributed by atoms with E-state index in [2.05, 4.69) is 10.2 Å². The summed E-state index contributed by atoms with van der Waals surface area (Å²) in [7, 11) is 3.39. The van der Waals surface area contributed by atoms with Crippen LogP contribution in [0.25, 0.3) is 17.3 Å². The number of benzene rings is 2. The monoisotopic (exact) mass is 347 g/mol. The molecular formula is C21H21N3O2. The number of aromatic nitrogens is 2. The van der Waals surface area contributed by atoms with Gasteiger partial charge in [0.2, 0.25) is 0 Å². The van der Waals surface area contributed by atoms with E-state index in [9.17, 15) is 4.79 Å². The molecule has 1 N–H and O–H groups in total. The fraction of sp³-hybridized carbons (Fsp3) is 0.143. The second-order valence-electron chi connectivity index (χ2n) is 5.90. The number of carbonyl (C=O) groups excluding carboxylic acids is 1. The number of amides is 1. The third-order valence-corrected chi connectivity index (χ3v) is 4.01. The zero-order chi connectivity index (χ0) is 18.4. The largest absolute Gasteiger partial charge is 0.497 e. The Balaban J connectivity index is 1.66. The number of hydrogen-bond acceptors (Lipinski definition) is 3. The van der Waals surface area contributed by atoms with E-state index >= 15 is 0 Å². The number of ether oxygens (including phenoxy) is 1. The topological polar surface area (TPSA) is 58.2 Å². The lowest BCUT2D eigenvalue weighted by atomic mass is 10.1. The summed E-state index contributed by atoms with van der Waals surface area (Å²) >= 11 is 0. The molecule has 3 rings (SSSR count). The molecule has 26 heavy (non-hydrogen) atoms. The van der Waals surface area contributed by atoms with Gasteiger partial charge in [0.15, 0.2) is 0 Å². The maximum atomic E-state index is 12.6. The first-order valence-corrected chi connectivity index (χ1v) is 8.34. The van der Waals surface area contributed by atoms with Gasteiger partial charge in [0.25, 0.3) is 5.91 Å². The van der Waals surface area contributed by atoms with E-state index in [1.165, 1.54) is 0 Å². The molecule has 5 nitrogen and oxygen atoms in total. The summed E-state index contributed by atoms with van der Waals surface area (Å²) in [5.41, 5.74) is 3.17. The molecule has 0 fully saturated rings. The number of methoxy groups -OCH3 is 1. The Hall–Kier alpha value is -3.34. The van der Waals surface area contributed by atoms with Crippen molar-refractivity contribution in [1.82, 2.24) is 15.1 Å². The van der Waals surface area contributed by atoms with Crippen LogP contribution in [0.2, 0.25) is 0 Å². The zero-order valence-corrected chi connectivity index (χ0v) is 14.8. The van der Waals surface area contributed by atoms with Crippen molar-refractivity contribution >= 4 is 12.0 Å². The molecular weight excluding hydrogens is 326 g/mol. The van der Waals surface area contributed by atoms with E-state index in [1.807, 2.05) is 66.7 Å². The summed E-state index contributed by atoms with van der Waals surface area (Å²) in [5.74, 6) is 0.644. The Labute approximate surface area is 152 Å². The lowest BCUT2D eigenvalue weighted by Crippen LogP contribution is -2.27. The number of carbonyl (C=O) groups is 1. The van der Waals surface area contributed by atoms with Crippen molar-refractivity contribution in [1.29, 1.82) is 0 Å². The summed E-state index contributed by atoms with van der Waals surface area (Å²) in [5, 5.41) is 7.07. The van der Waals surface area contributed by atoms with Gasteiger partial charge in [-0.15, -0.1) is 0 Å². The van der Waals surface area contributed by atoms with E-state index in [1.54, 1.807) is 25.1 Å². The van der Waals surface area contributed by atoms with Crippen LogP contribution in [0.1, 0.15) is 16.1 Å². The van der Waals surface area contributed by atoms with Crippen LogP contribution >= 0.6 is 0 Å². The van der Waals surface area contributed by atoms with Crippen molar-refractivity contribution < 1.29 is 9.53 Å². The summed E-state index contributed by atoms with van der Waals surface area (Å²) < 4.78 is 5.23. The van der Waals surface area contributed by atoms with Gasteiger partial charge in [-0.2, -0.15) is 5.10 Å². The van der Waals surface area contributed by atoms with Crippen LogP contribution in [0, 0.1) is 0 Å². The fourth-order valence-corrected chi connectivity index (χ4v) is 2.56. The quantitative estimate of drug-likeness (QED) is 0.736. The molecule has 0 unspecified atom stereocenters. The van der Waals surface area contributed by atoms with Gasteiger partial charge in [-0.3, -0.25) is 9.89 Å². The van der Waals surface area contributed by atoms with E-state index in [-0.39, 0.29) is 5.91 Å². The van der Waals surface area contributed by atoms with Gasteiger partial charge in [-0.25, -0.2) is 0 Å². The van der Waals surface area contributed by atoms with Gasteiger partial charge < -0.3 is 9.64 Å². The number of hydrogen-bond donors (Lipinski definition) is 1. The lowest BCUT2D eigenvalue weighted by Gasteiger charge is -2.13. The van der Waals surface area contributed by atoms with Crippen molar-refractivity contribution in [3.63, 3.8) is 0 Å². The SMILES string of the molecule is COc1cccc(-c2cc(C(=O)N(C)CC=Cc3ccccc3)[nH]n2)c1.